The Balaban J connectivity index is 2.31. The molecule has 1 aromatic rings. The van der Waals surface area contributed by atoms with Gasteiger partial charge < -0.3 is 4.90 Å². The van der Waals surface area contributed by atoms with E-state index >= 15 is 0 Å². The number of carbonyl (C=O) groups is 1. The maximum atomic E-state index is 12.6. The van der Waals surface area contributed by atoms with Crippen molar-refractivity contribution in [2.24, 2.45) is 0 Å². The second-order valence-electron chi connectivity index (χ2n) is 5.12. The zero-order valence-electron chi connectivity index (χ0n) is 11.3. The Morgan fingerprint density at radius 1 is 1.40 bits per heavy atom. The van der Waals surface area contributed by atoms with Gasteiger partial charge in [0.05, 0.1) is 15.5 Å². The number of benzene rings is 1. The first-order valence-corrected chi connectivity index (χ1v) is 7.13. The first-order chi connectivity index (χ1) is 9.50. The summed E-state index contributed by atoms with van der Waals surface area (Å²) in [6, 6.07) is 4.13. The summed E-state index contributed by atoms with van der Waals surface area (Å²) in [7, 11) is 0. The van der Waals surface area contributed by atoms with Crippen molar-refractivity contribution in [3.63, 3.8) is 0 Å². The van der Waals surface area contributed by atoms with E-state index in [0.717, 1.165) is 25.7 Å². The van der Waals surface area contributed by atoms with Gasteiger partial charge in [-0.05, 0) is 25.8 Å². The minimum absolute atomic E-state index is 0.111. The van der Waals surface area contributed by atoms with Crippen LogP contribution in [0.2, 0.25) is 5.02 Å². The molecule has 0 saturated carbocycles. The second-order valence-corrected chi connectivity index (χ2v) is 5.53. The topological polar surface area (TPSA) is 63.5 Å². The molecule has 0 radical (unpaired) electrons. The van der Waals surface area contributed by atoms with Gasteiger partial charge in [-0.2, -0.15) is 0 Å². The summed E-state index contributed by atoms with van der Waals surface area (Å²) in [4.78, 5) is 24.7. The predicted octanol–water partition coefficient (Wildman–Crippen LogP) is 3.65. The van der Waals surface area contributed by atoms with Crippen molar-refractivity contribution in [2.45, 2.75) is 38.6 Å². The molecule has 1 aliphatic rings. The number of likely N-dealkylation sites (tertiary alicyclic amines) is 1. The Hall–Kier alpha value is -1.62. The van der Waals surface area contributed by atoms with Gasteiger partial charge in [0.25, 0.3) is 11.6 Å². The average molecular weight is 297 g/mol. The fourth-order valence-corrected chi connectivity index (χ4v) is 2.72. The number of nitro groups is 1. The third kappa shape index (κ3) is 3.10. The van der Waals surface area contributed by atoms with Gasteiger partial charge in [-0.3, -0.25) is 14.9 Å². The van der Waals surface area contributed by atoms with Crippen LogP contribution in [0.3, 0.4) is 0 Å². The molecule has 1 amide bonds. The van der Waals surface area contributed by atoms with E-state index in [1.54, 1.807) is 4.90 Å². The third-order valence-corrected chi connectivity index (χ3v) is 4.03. The van der Waals surface area contributed by atoms with E-state index < -0.39 is 4.92 Å². The maximum Gasteiger partial charge on any atom is 0.270 e. The van der Waals surface area contributed by atoms with Gasteiger partial charge in [-0.25, -0.2) is 0 Å². The second kappa shape index (κ2) is 6.22. The van der Waals surface area contributed by atoms with E-state index in [0.29, 0.717) is 6.54 Å². The van der Waals surface area contributed by atoms with Crippen molar-refractivity contribution in [3.05, 3.63) is 38.9 Å². The Morgan fingerprint density at radius 3 is 2.85 bits per heavy atom. The van der Waals surface area contributed by atoms with Crippen LogP contribution in [0.4, 0.5) is 5.69 Å². The van der Waals surface area contributed by atoms with Gasteiger partial charge in [0.2, 0.25) is 0 Å². The van der Waals surface area contributed by atoms with Crippen molar-refractivity contribution < 1.29 is 9.72 Å². The molecule has 6 heteroatoms. The summed E-state index contributed by atoms with van der Waals surface area (Å²) in [6.07, 6.45) is 4.13. The van der Waals surface area contributed by atoms with E-state index in [2.05, 4.69) is 0 Å². The summed E-state index contributed by atoms with van der Waals surface area (Å²) in [5.74, 6) is -0.215. The van der Waals surface area contributed by atoms with Crippen LogP contribution in [0.15, 0.2) is 18.2 Å². The highest BCUT2D eigenvalue weighted by Gasteiger charge is 2.26. The van der Waals surface area contributed by atoms with Crippen molar-refractivity contribution >= 4 is 23.2 Å². The van der Waals surface area contributed by atoms with E-state index in [9.17, 15) is 14.9 Å². The molecule has 1 saturated heterocycles. The number of halogens is 1. The van der Waals surface area contributed by atoms with Gasteiger partial charge in [0, 0.05) is 24.7 Å². The standard InChI is InChI=1S/C14H17ClN2O3/c1-10-5-3-2-4-8-16(10)14(18)12-9-11(17(19)20)6-7-13(12)15/h6-7,9-10H,2-5,8H2,1H3. The molecule has 1 atom stereocenters. The maximum absolute atomic E-state index is 12.6. The molecule has 0 bridgehead atoms. The Bertz CT molecular complexity index is 533. The van der Waals surface area contributed by atoms with Crippen LogP contribution in [-0.4, -0.2) is 28.3 Å². The van der Waals surface area contributed by atoms with E-state index in [1.807, 2.05) is 6.92 Å². The van der Waals surface area contributed by atoms with Gasteiger partial charge in [-0.1, -0.05) is 24.4 Å². The molecule has 1 heterocycles. The van der Waals surface area contributed by atoms with Crippen LogP contribution >= 0.6 is 11.6 Å². The molecular weight excluding hydrogens is 280 g/mol. The lowest BCUT2D eigenvalue weighted by Crippen LogP contribution is -2.38. The fraction of sp³-hybridized carbons (Fsp3) is 0.500. The van der Waals surface area contributed by atoms with E-state index in [4.69, 9.17) is 11.6 Å². The minimum Gasteiger partial charge on any atom is -0.336 e. The molecule has 1 aromatic carbocycles. The van der Waals surface area contributed by atoms with Crippen molar-refractivity contribution in [3.8, 4) is 0 Å². The van der Waals surface area contributed by atoms with Gasteiger partial charge in [0.15, 0.2) is 0 Å². The summed E-state index contributed by atoms with van der Waals surface area (Å²) < 4.78 is 0. The molecule has 1 unspecified atom stereocenters. The van der Waals surface area contributed by atoms with E-state index in [1.165, 1.54) is 18.2 Å². The van der Waals surface area contributed by atoms with Crippen LogP contribution in [-0.2, 0) is 0 Å². The molecule has 20 heavy (non-hydrogen) atoms. The number of nitrogens with zero attached hydrogens (tertiary/aromatic N) is 2. The lowest BCUT2D eigenvalue weighted by Gasteiger charge is -2.27. The molecule has 2 rings (SSSR count). The SMILES string of the molecule is CC1CCCCCN1C(=O)c1cc([N+](=O)[O-])ccc1Cl. The van der Waals surface area contributed by atoms with Crippen LogP contribution in [0, 0.1) is 10.1 Å². The molecule has 0 spiro atoms. The van der Waals surface area contributed by atoms with Crippen molar-refractivity contribution in [1.82, 2.24) is 4.90 Å². The summed E-state index contributed by atoms with van der Waals surface area (Å²) >= 11 is 6.03. The number of hydrogen-bond donors (Lipinski definition) is 0. The molecule has 108 valence electrons. The summed E-state index contributed by atoms with van der Waals surface area (Å²) in [5, 5.41) is 11.1. The minimum atomic E-state index is -0.515. The number of amides is 1. The number of carbonyl (C=O) groups excluding carboxylic acids is 1. The first-order valence-electron chi connectivity index (χ1n) is 6.75. The molecule has 0 N–H and O–H groups in total. The van der Waals surface area contributed by atoms with Gasteiger partial charge >= 0.3 is 0 Å². The Morgan fingerprint density at radius 2 is 2.15 bits per heavy atom. The van der Waals surface area contributed by atoms with Crippen LogP contribution < -0.4 is 0 Å². The molecule has 0 aliphatic carbocycles. The summed E-state index contributed by atoms with van der Waals surface area (Å²) in [5.41, 5.74) is 0.106. The zero-order valence-corrected chi connectivity index (χ0v) is 12.1. The summed E-state index contributed by atoms with van der Waals surface area (Å²) in [6.45, 7) is 2.69. The first kappa shape index (κ1) is 14.8. The van der Waals surface area contributed by atoms with Crippen LogP contribution in [0.25, 0.3) is 0 Å². The van der Waals surface area contributed by atoms with Crippen LogP contribution in [0.5, 0.6) is 0 Å². The monoisotopic (exact) mass is 296 g/mol. The number of non-ortho nitro benzene ring substituents is 1. The molecule has 5 nitrogen and oxygen atoms in total. The van der Waals surface area contributed by atoms with Crippen molar-refractivity contribution in [2.75, 3.05) is 6.54 Å². The molecule has 1 aliphatic heterocycles. The smallest absolute Gasteiger partial charge is 0.270 e. The highest BCUT2D eigenvalue weighted by atomic mass is 35.5. The number of nitro benzene ring substituents is 1. The van der Waals surface area contributed by atoms with Gasteiger partial charge in [-0.15, -0.1) is 0 Å². The van der Waals surface area contributed by atoms with Crippen LogP contribution in [0.1, 0.15) is 43.0 Å². The van der Waals surface area contributed by atoms with Crippen molar-refractivity contribution in [1.29, 1.82) is 0 Å². The molecule has 0 aromatic heterocycles. The number of hydrogen-bond acceptors (Lipinski definition) is 3. The largest absolute Gasteiger partial charge is 0.336 e. The Kier molecular flexibility index (Phi) is 4.60. The molecular formula is C14H17ClN2O3. The highest BCUT2D eigenvalue weighted by Crippen LogP contribution is 2.26. The lowest BCUT2D eigenvalue weighted by molar-refractivity contribution is -0.384. The third-order valence-electron chi connectivity index (χ3n) is 3.71. The number of rotatable bonds is 2. The highest BCUT2D eigenvalue weighted by molar-refractivity contribution is 6.33. The average Bonchev–Trinajstić information content (AvgIpc) is 2.63. The zero-order chi connectivity index (χ0) is 14.7. The van der Waals surface area contributed by atoms with Gasteiger partial charge in [0.1, 0.15) is 0 Å². The fourth-order valence-electron chi connectivity index (χ4n) is 2.52. The predicted molar refractivity (Wildman–Crippen MR) is 77.1 cm³/mol. The normalized spacial score (nSPS) is 19.5. The molecule has 1 fully saturated rings. The van der Waals surface area contributed by atoms with E-state index in [-0.39, 0.29) is 28.2 Å². The Labute approximate surface area is 122 Å². The lowest BCUT2D eigenvalue weighted by atomic mass is 10.1. The quantitative estimate of drug-likeness (QED) is 0.618.